The van der Waals surface area contributed by atoms with Crippen LogP contribution in [-0.2, 0) is 4.79 Å². The molecule has 0 aromatic heterocycles. The number of hydrogen-bond donors (Lipinski definition) is 2. The van der Waals surface area contributed by atoms with Crippen molar-refractivity contribution in [2.75, 3.05) is 11.9 Å². The molecule has 6 heteroatoms. The molecule has 5 nitrogen and oxygen atoms in total. The van der Waals surface area contributed by atoms with Crippen molar-refractivity contribution < 1.29 is 9.59 Å². The summed E-state index contributed by atoms with van der Waals surface area (Å²) in [4.78, 5) is 25.6. The summed E-state index contributed by atoms with van der Waals surface area (Å²) in [5.74, 6) is 0.139. The molecule has 1 saturated carbocycles. The van der Waals surface area contributed by atoms with Gasteiger partial charge in [0.25, 0.3) is 0 Å². The molecule has 1 aromatic rings. The van der Waals surface area contributed by atoms with Crippen LogP contribution in [0.1, 0.15) is 19.3 Å². The molecule has 2 aliphatic rings. The van der Waals surface area contributed by atoms with Crippen LogP contribution in [0, 0.1) is 0 Å². The van der Waals surface area contributed by atoms with E-state index in [0.717, 1.165) is 12.8 Å². The van der Waals surface area contributed by atoms with E-state index < -0.39 is 0 Å². The van der Waals surface area contributed by atoms with Gasteiger partial charge < -0.3 is 15.5 Å². The molecular weight excluding hydrogens is 278 g/mol. The average molecular weight is 294 g/mol. The highest BCUT2D eigenvalue weighted by molar-refractivity contribution is 6.30. The largest absolute Gasteiger partial charge is 0.338 e. The van der Waals surface area contributed by atoms with Crippen molar-refractivity contribution in [2.24, 2.45) is 0 Å². The Morgan fingerprint density at radius 2 is 2.15 bits per heavy atom. The number of nitrogens with one attached hydrogen (secondary N) is 2. The second-order valence-corrected chi connectivity index (χ2v) is 5.72. The minimum absolute atomic E-state index is 0.109. The van der Waals surface area contributed by atoms with Crippen LogP contribution in [-0.4, -0.2) is 35.5 Å². The number of carbonyl (C=O) groups excluding carboxylic acids is 2. The van der Waals surface area contributed by atoms with Crippen LogP contribution in [0.5, 0.6) is 0 Å². The summed E-state index contributed by atoms with van der Waals surface area (Å²) in [5.41, 5.74) is 0.637. The van der Waals surface area contributed by atoms with E-state index in [1.165, 1.54) is 0 Å². The van der Waals surface area contributed by atoms with Gasteiger partial charge in [-0.1, -0.05) is 17.7 Å². The molecule has 1 aliphatic carbocycles. The minimum Gasteiger partial charge on any atom is -0.338 e. The second-order valence-electron chi connectivity index (χ2n) is 5.29. The van der Waals surface area contributed by atoms with E-state index in [1.54, 1.807) is 24.3 Å². The average Bonchev–Trinajstić information content (AvgIpc) is 3.14. The molecular formula is C14H16ClN3O2. The maximum absolute atomic E-state index is 11.9. The summed E-state index contributed by atoms with van der Waals surface area (Å²) in [7, 11) is 0. The van der Waals surface area contributed by atoms with Crippen LogP contribution in [0.3, 0.4) is 0 Å². The molecule has 0 radical (unpaired) electrons. The molecule has 106 valence electrons. The number of rotatable bonds is 3. The number of benzene rings is 1. The first kappa shape index (κ1) is 13.2. The number of amides is 3. The maximum Gasteiger partial charge on any atom is 0.319 e. The zero-order chi connectivity index (χ0) is 14.1. The van der Waals surface area contributed by atoms with Crippen LogP contribution >= 0.6 is 11.6 Å². The highest BCUT2D eigenvalue weighted by Crippen LogP contribution is 2.30. The maximum atomic E-state index is 11.9. The van der Waals surface area contributed by atoms with E-state index in [9.17, 15) is 9.59 Å². The van der Waals surface area contributed by atoms with Crippen LogP contribution in [0.4, 0.5) is 10.5 Å². The molecule has 3 rings (SSSR count). The lowest BCUT2D eigenvalue weighted by Gasteiger charge is -2.16. The van der Waals surface area contributed by atoms with Gasteiger partial charge in [0.15, 0.2) is 0 Å². The third-order valence-corrected chi connectivity index (χ3v) is 3.80. The van der Waals surface area contributed by atoms with Gasteiger partial charge in [-0.3, -0.25) is 4.79 Å². The molecule has 2 N–H and O–H groups in total. The number of likely N-dealkylation sites (tertiary alicyclic amines) is 1. The summed E-state index contributed by atoms with van der Waals surface area (Å²) in [5, 5.41) is 6.12. The van der Waals surface area contributed by atoms with E-state index in [4.69, 9.17) is 11.6 Å². The Bertz CT molecular complexity index is 545. The van der Waals surface area contributed by atoms with Crippen molar-refractivity contribution in [3.63, 3.8) is 0 Å². The number of hydrogen-bond acceptors (Lipinski definition) is 2. The Hall–Kier alpha value is -1.75. The van der Waals surface area contributed by atoms with Crippen molar-refractivity contribution in [2.45, 2.75) is 31.3 Å². The Labute approximate surface area is 122 Å². The van der Waals surface area contributed by atoms with Crippen molar-refractivity contribution in [1.29, 1.82) is 0 Å². The lowest BCUT2D eigenvalue weighted by molar-refractivity contribution is -0.128. The van der Waals surface area contributed by atoms with Crippen molar-refractivity contribution >= 4 is 29.2 Å². The SMILES string of the molecule is O=C(Nc1cccc(Cl)c1)N[C@H]1CC(=O)N(C2CC2)C1. The highest BCUT2D eigenvalue weighted by atomic mass is 35.5. The minimum atomic E-state index is -0.303. The van der Waals surface area contributed by atoms with Crippen molar-refractivity contribution in [1.82, 2.24) is 10.2 Å². The third-order valence-electron chi connectivity index (χ3n) is 3.56. The third kappa shape index (κ3) is 3.04. The molecule has 20 heavy (non-hydrogen) atoms. The van der Waals surface area contributed by atoms with Gasteiger partial charge >= 0.3 is 6.03 Å². The molecule has 1 atom stereocenters. The molecule has 1 heterocycles. The van der Waals surface area contributed by atoms with Crippen LogP contribution in [0.25, 0.3) is 0 Å². The summed E-state index contributed by atoms with van der Waals surface area (Å²) in [6, 6.07) is 6.95. The Kier molecular flexibility index (Phi) is 3.53. The zero-order valence-corrected chi connectivity index (χ0v) is 11.7. The quantitative estimate of drug-likeness (QED) is 0.898. The van der Waals surface area contributed by atoms with E-state index >= 15 is 0 Å². The molecule has 2 fully saturated rings. The van der Waals surface area contributed by atoms with Crippen molar-refractivity contribution in [3.05, 3.63) is 29.3 Å². The zero-order valence-electron chi connectivity index (χ0n) is 10.9. The van der Waals surface area contributed by atoms with Crippen LogP contribution < -0.4 is 10.6 Å². The van der Waals surface area contributed by atoms with Gasteiger partial charge in [-0.05, 0) is 31.0 Å². The number of carbonyl (C=O) groups is 2. The first-order valence-electron chi connectivity index (χ1n) is 6.74. The molecule has 0 bridgehead atoms. The van der Waals surface area contributed by atoms with Gasteiger partial charge in [-0.25, -0.2) is 4.79 Å². The van der Waals surface area contributed by atoms with Crippen molar-refractivity contribution in [3.8, 4) is 0 Å². The first-order chi connectivity index (χ1) is 9.61. The van der Waals surface area contributed by atoms with Gasteiger partial charge in [-0.15, -0.1) is 0 Å². The Balaban J connectivity index is 1.53. The normalized spacial score (nSPS) is 21.9. The summed E-state index contributed by atoms with van der Waals surface area (Å²) in [6.45, 7) is 0.618. The number of nitrogens with zero attached hydrogens (tertiary/aromatic N) is 1. The topological polar surface area (TPSA) is 61.4 Å². The van der Waals surface area contributed by atoms with E-state index in [0.29, 0.717) is 29.7 Å². The highest BCUT2D eigenvalue weighted by Gasteiger charge is 2.39. The summed E-state index contributed by atoms with van der Waals surface area (Å²) in [6.07, 6.45) is 2.57. The molecule has 0 spiro atoms. The summed E-state index contributed by atoms with van der Waals surface area (Å²) < 4.78 is 0. The Morgan fingerprint density at radius 3 is 2.85 bits per heavy atom. The van der Waals surface area contributed by atoms with Crippen LogP contribution in [0.15, 0.2) is 24.3 Å². The van der Waals surface area contributed by atoms with E-state index in [-0.39, 0.29) is 18.0 Å². The fraction of sp³-hybridized carbons (Fsp3) is 0.429. The van der Waals surface area contributed by atoms with Crippen LogP contribution in [0.2, 0.25) is 5.02 Å². The smallest absolute Gasteiger partial charge is 0.319 e. The first-order valence-corrected chi connectivity index (χ1v) is 7.12. The lowest BCUT2D eigenvalue weighted by Crippen LogP contribution is -2.40. The second kappa shape index (κ2) is 5.32. The standard InChI is InChI=1S/C14H16ClN3O2/c15-9-2-1-3-10(6-9)16-14(20)17-11-7-13(19)18(8-11)12-4-5-12/h1-3,6,11-12H,4-5,7-8H2,(H2,16,17,20)/t11-/m0/s1. The van der Waals surface area contributed by atoms with E-state index in [1.807, 2.05) is 4.90 Å². The predicted octanol–water partition coefficient (Wildman–Crippen LogP) is 2.22. The fourth-order valence-electron chi connectivity index (χ4n) is 2.49. The van der Waals surface area contributed by atoms with Gasteiger partial charge in [-0.2, -0.15) is 0 Å². The molecule has 1 aliphatic heterocycles. The molecule has 1 aromatic carbocycles. The number of urea groups is 1. The molecule has 1 saturated heterocycles. The fourth-order valence-corrected chi connectivity index (χ4v) is 2.68. The van der Waals surface area contributed by atoms with E-state index in [2.05, 4.69) is 10.6 Å². The molecule has 3 amide bonds. The monoisotopic (exact) mass is 293 g/mol. The Morgan fingerprint density at radius 1 is 1.35 bits per heavy atom. The summed E-state index contributed by atoms with van der Waals surface area (Å²) >= 11 is 5.86. The number of anilines is 1. The number of halogens is 1. The molecule has 0 unspecified atom stereocenters. The van der Waals surface area contributed by atoms with Gasteiger partial charge in [0, 0.05) is 29.7 Å². The lowest BCUT2D eigenvalue weighted by atomic mass is 10.2. The van der Waals surface area contributed by atoms with Gasteiger partial charge in [0.2, 0.25) is 5.91 Å². The predicted molar refractivity (Wildman–Crippen MR) is 76.7 cm³/mol. The van der Waals surface area contributed by atoms with Gasteiger partial charge in [0.1, 0.15) is 0 Å². The van der Waals surface area contributed by atoms with Gasteiger partial charge in [0.05, 0.1) is 6.04 Å².